The molecular formula is C24H25ClN2O3. The third kappa shape index (κ3) is 5.10. The SMILES string of the molecule is CC(C)(C)c1ccc(C(=O)Nn2c(CCC(=O)O)ccc2-c2ccc(Cl)cc2)cc1. The Labute approximate surface area is 181 Å². The number of nitrogens with one attached hydrogen (secondary N) is 1. The van der Waals surface area contributed by atoms with Crippen molar-refractivity contribution >= 4 is 23.5 Å². The second kappa shape index (κ2) is 8.76. The molecule has 0 aliphatic heterocycles. The van der Waals surface area contributed by atoms with E-state index >= 15 is 0 Å². The van der Waals surface area contributed by atoms with Crippen LogP contribution in [0.1, 0.15) is 48.8 Å². The molecular weight excluding hydrogens is 400 g/mol. The van der Waals surface area contributed by atoms with Crippen LogP contribution in [-0.4, -0.2) is 21.7 Å². The Hall–Kier alpha value is -3.05. The Morgan fingerprint density at radius 1 is 0.967 bits per heavy atom. The second-order valence-corrected chi connectivity index (χ2v) is 8.65. The first-order chi connectivity index (χ1) is 14.1. The fourth-order valence-corrected chi connectivity index (χ4v) is 3.30. The second-order valence-electron chi connectivity index (χ2n) is 8.21. The van der Waals surface area contributed by atoms with Crippen molar-refractivity contribution in [2.75, 3.05) is 5.43 Å². The molecule has 6 heteroatoms. The maximum atomic E-state index is 12.9. The van der Waals surface area contributed by atoms with Gasteiger partial charge in [0.05, 0.1) is 12.1 Å². The highest BCUT2D eigenvalue weighted by Crippen LogP contribution is 2.25. The van der Waals surface area contributed by atoms with Gasteiger partial charge in [0, 0.05) is 28.3 Å². The Morgan fingerprint density at radius 2 is 1.60 bits per heavy atom. The number of hydrogen-bond donors (Lipinski definition) is 2. The molecule has 1 heterocycles. The normalized spacial score (nSPS) is 11.3. The van der Waals surface area contributed by atoms with Crippen LogP contribution in [0.2, 0.25) is 5.02 Å². The van der Waals surface area contributed by atoms with Crippen LogP contribution in [0.25, 0.3) is 11.3 Å². The van der Waals surface area contributed by atoms with E-state index in [1.54, 1.807) is 28.9 Å². The molecule has 1 aromatic heterocycles. The lowest BCUT2D eigenvalue weighted by molar-refractivity contribution is -0.136. The lowest BCUT2D eigenvalue weighted by Gasteiger charge is -2.19. The predicted molar refractivity (Wildman–Crippen MR) is 120 cm³/mol. The molecule has 30 heavy (non-hydrogen) atoms. The van der Waals surface area contributed by atoms with Gasteiger partial charge in [-0.1, -0.05) is 56.6 Å². The number of rotatable bonds is 6. The van der Waals surface area contributed by atoms with Gasteiger partial charge in [-0.05, 0) is 47.4 Å². The number of aromatic nitrogens is 1. The minimum Gasteiger partial charge on any atom is -0.481 e. The molecule has 1 amide bonds. The van der Waals surface area contributed by atoms with Gasteiger partial charge in [0.25, 0.3) is 5.91 Å². The molecule has 2 N–H and O–H groups in total. The average Bonchev–Trinajstić information content (AvgIpc) is 3.09. The van der Waals surface area contributed by atoms with Gasteiger partial charge in [-0.15, -0.1) is 0 Å². The summed E-state index contributed by atoms with van der Waals surface area (Å²) in [6.45, 7) is 6.36. The highest BCUT2D eigenvalue weighted by atomic mass is 35.5. The van der Waals surface area contributed by atoms with E-state index in [9.17, 15) is 9.59 Å². The lowest BCUT2D eigenvalue weighted by atomic mass is 9.87. The first-order valence-electron chi connectivity index (χ1n) is 9.75. The van der Waals surface area contributed by atoms with Crippen LogP contribution < -0.4 is 5.43 Å². The summed E-state index contributed by atoms with van der Waals surface area (Å²) in [7, 11) is 0. The van der Waals surface area contributed by atoms with Crippen LogP contribution in [0.5, 0.6) is 0 Å². The summed E-state index contributed by atoms with van der Waals surface area (Å²) >= 11 is 6.00. The standard InChI is InChI=1S/C24H25ClN2O3/c1-24(2,3)18-8-4-17(5-9-18)23(30)26-27-20(13-15-22(28)29)12-14-21(27)16-6-10-19(25)11-7-16/h4-12,14H,13,15H2,1-3H3,(H,26,30)(H,28,29). The van der Waals surface area contributed by atoms with Crippen LogP contribution in [0.4, 0.5) is 0 Å². The summed E-state index contributed by atoms with van der Waals surface area (Å²) in [6.07, 6.45) is 0.270. The monoisotopic (exact) mass is 424 g/mol. The summed E-state index contributed by atoms with van der Waals surface area (Å²) in [5, 5.41) is 9.68. The molecule has 0 fully saturated rings. The maximum absolute atomic E-state index is 12.9. The molecule has 0 saturated heterocycles. The van der Waals surface area contributed by atoms with Crippen molar-refractivity contribution in [3.05, 3.63) is 82.5 Å². The van der Waals surface area contributed by atoms with Gasteiger partial charge in [0.1, 0.15) is 0 Å². The zero-order chi connectivity index (χ0) is 21.9. The molecule has 5 nitrogen and oxygen atoms in total. The number of amides is 1. The fraction of sp³-hybridized carbons (Fsp3) is 0.250. The smallest absolute Gasteiger partial charge is 0.303 e. The van der Waals surface area contributed by atoms with E-state index in [4.69, 9.17) is 16.7 Å². The van der Waals surface area contributed by atoms with Crippen LogP contribution in [0.15, 0.2) is 60.7 Å². The molecule has 2 aromatic carbocycles. The average molecular weight is 425 g/mol. The summed E-state index contributed by atoms with van der Waals surface area (Å²) in [4.78, 5) is 24.0. The number of carbonyl (C=O) groups excluding carboxylic acids is 1. The zero-order valence-electron chi connectivity index (χ0n) is 17.3. The van der Waals surface area contributed by atoms with Gasteiger partial charge < -0.3 is 5.11 Å². The van der Waals surface area contributed by atoms with Crippen LogP contribution in [0, 0.1) is 0 Å². The molecule has 0 spiro atoms. The first kappa shape index (κ1) is 21.7. The number of halogens is 1. The highest BCUT2D eigenvalue weighted by Gasteiger charge is 2.17. The van der Waals surface area contributed by atoms with E-state index in [-0.39, 0.29) is 17.7 Å². The van der Waals surface area contributed by atoms with E-state index in [1.165, 1.54) is 0 Å². The number of benzene rings is 2. The quantitative estimate of drug-likeness (QED) is 0.548. The van der Waals surface area contributed by atoms with Crippen molar-refractivity contribution in [1.82, 2.24) is 4.68 Å². The molecule has 0 atom stereocenters. The molecule has 3 aromatic rings. The lowest BCUT2D eigenvalue weighted by Crippen LogP contribution is -2.25. The van der Waals surface area contributed by atoms with E-state index in [2.05, 4.69) is 26.2 Å². The van der Waals surface area contributed by atoms with E-state index in [0.29, 0.717) is 22.7 Å². The number of carbonyl (C=O) groups is 2. The predicted octanol–water partition coefficient (Wildman–Crippen LogP) is 5.51. The number of hydrogen-bond acceptors (Lipinski definition) is 2. The summed E-state index contributed by atoms with van der Waals surface area (Å²) in [5.74, 6) is -1.15. The van der Waals surface area contributed by atoms with Crippen molar-refractivity contribution in [2.45, 2.75) is 39.0 Å². The summed E-state index contributed by atoms with van der Waals surface area (Å²) in [6, 6.07) is 18.5. The molecule has 0 aliphatic rings. The third-order valence-corrected chi connectivity index (χ3v) is 5.18. The molecule has 3 rings (SSSR count). The van der Waals surface area contributed by atoms with Gasteiger partial charge in [0.15, 0.2) is 0 Å². The molecule has 0 unspecified atom stereocenters. The fourth-order valence-electron chi connectivity index (χ4n) is 3.17. The number of carboxylic acids is 1. The van der Waals surface area contributed by atoms with E-state index in [0.717, 1.165) is 16.8 Å². The number of aryl methyl sites for hydroxylation is 1. The number of aliphatic carboxylic acids is 1. The Morgan fingerprint density at radius 3 is 2.17 bits per heavy atom. The molecule has 0 saturated carbocycles. The number of nitrogens with zero attached hydrogens (tertiary/aromatic N) is 1. The zero-order valence-corrected chi connectivity index (χ0v) is 18.0. The topological polar surface area (TPSA) is 71.3 Å². The largest absolute Gasteiger partial charge is 0.481 e. The van der Waals surface area contributed by atoms with Gasteiger partial charge in [-0.25, -0.2) is 0 Å². The van der Waals surface area contributed by atoms with Gasteiger partial charge >= 0.3 is 5.97 Å². The van der Waals surface area contributed by atoms with Gasteiger partial charge in [0.2, 0.25) is 0 Å². The minimum atomic E-state index is -0.889. The molecule has 0 aliphatic carbocycles. The van der Waals surface area contributed by atoms with Crippen molar-refractivity contribution in [1.29, 1.82) is 0 Å². The third-order valence-electron chi connectivity index (χ3n) is 4.92. The Balaban J connectivity index is 1.92. The minimum absolute atomic E-state index is 0.00118. The van der Waals surface area contributed by atoms with Crippen LogP contribution in [-0.2, 0) is 16.6 Å². The van der Waals surface area contributed by atoms with Crippen molar-refractivity contribution in [2.24, 2.45) is 0 Å². The Bertz CT molecular complexity index is 1050. The van der Waals surface area contributed by atoms with E-state index in [1.807, 2.05) is 36.4 Å². The Kier molecular flexibility index (Phi) is 6.32. The van der Waals surface area contributed by atoms with Gasteiger partial charge in [-0.2, -0.15) is 0 Å². The van der Waals surface area contributed by atoms with E-state index < -0.39 is 5.97 Å². The number of carboxylic acid groups (broad SMARTS) is 1. The summed E-state index contributed by atoms with van der Waals surface area (Å²) in [5.41, 5.74) is 6.93. The highest BCUT2D eigenvalue weighted by molar-refractivity contribution is 6.30. The van der Waals surface area contributed by atoms with Crippen molar-refractivity contribution in [3.8, 4) is 11.3 Å². The molecule has 0 radical (unpaired) electrons. The maximum Gasteiger partial charge on any atom is 0.303 e. The first-order valence-corrected chi connectivity index (χ1v) is 10.1. The summed E-state index contributed by atoms with van der Waals surface area (Å²) < 4.78 is 1.66. The van der Waals surface area contributed by atoms with Crippen molar-refractivity contribution < 1.29 is 14.7 Å². The van der Waals surface area contributed by atoms with Crippen LogP contribution >= 0.6 is 11.6 Å². The van der Waals surface area contributed by atoms with Gasteiger partial charge in [-0.3, -0.25) is 19.7 Å². The molecule has 0 bridgehead atoms. The van der Waals surface area contributed by atoms with Crippen molar-refractivity contribution in [3.63, 3.8) is 0 Å². The van der Waals surface area contributed by atoms with Crippen LogP contribution in [0.3, 0.4) is 0 Å². The molecule has 156 valence electrons.